The normalized spacial score (nSPS) is 23.6. The Morgan fingerprint density at radius 2 is 2.43 bits per heavy atom. The van der Waals surface area contributed by atoms with E-state index in [2.05, 4.69) is 26.2 Å². The summed E-state index contributed by atoms with van der Waals surface area (Å²) < 4.78 is 12.7. The highest BCUT2D eigenvalue weighted by molar-refractivity contribution is 9.10. The third-order valence-corrected chi connectivity index (χ3v) is 4.30. The lowest BCUT2D eigenvalue weighted by molar-refractivity contribution is 0.669. The highest BCUT2D eigenvalue weighted by atomic mass is 79.9. The molecular weight excluding hydrogens is 264 g/mol. The lowest BCUT2D eigenvalue weighted by atomic mass is 10.4. The largest absolute Gasteiger partial charge is 0.315 e. The number of rotatable bonds is 2. The van der Waals surface area contributed by atoms with Crippen LogP contribution in [0.1, 0.15) is 6.42 Å². The van der Waals surface area contributed by atoms with Crippen molar-refractivity contribution in [2.24, 2.45) is 0 Å². The van der Waals surface area contributed by atoms with Crippen molar-refractivity contribution in [2.45, 2.75) is 16.7 Å². The fraction of sp³-hybridized carbons (Fsp3) is 0.444. The quantitative estimate of drug-likeness (QED) is 0.828. The Kier molecular flexibility index (Phi) is 3.30. The van der Waals surface area contributed by atoms with Crippen LogP contribution in [0.2, 0.25) is 0 Å². The van der Waals surface area contributed by atoms with Crippen molar-refractivity contribution < 1.29 is 4.21 Å². The minimum Gasteiger partial charge on any atom is -0.315 e. The van der Waals surface area contributed by atoms with Crippen molar-refractivity contribution in [3.8, 4) is 0 Å². The number of hydrogen-bond acceptors (Lipinski definition) is 3. The zero-order chi connectivity index (χ0) is 9.97. The minimum atomic E-state index is -0.973. The van der Waals surface area contributed by atoms with Crippen LogP contribution in [0.25, 0.3) is 0 Å². The molecule has 0 amide bonds. The number of nitrogens with one attached hydrogen (secondary N) is 1. The molecule has 1 fully saturated rings. The lowest BCUT2D eigenvalue weighted by Crippen LogP contribution is -2.19. The number of aromatic nitrogens is 1. The summed E-state index contributed by atoms with van der Waals surface area (Å²) in [5.74, 6) is 0. The maximum absolute atomic E-state index is 12.0. The summed E-state index contributed by atoms with van der Waals surface area (Å²) in [5, 5.41) is 4.10. The van der Waals surface area contributed by atoms with Crippen LogP contribution >= 0.6 is 15.9 Å². The van der Waals surface area contributed by atoms with E-state index in [0.717, 1.165) is 24.1 Å². The Morgan fingerprint density at radius 1 is 1.57 bits per heavy atom. The van der Waals surface area contributed by atoms with Crippen LogP contribution in [0, 0.1) is 0 Å². The van der Waals surface area contributed by atoms with Gasteiger partial charge >= 0.3 is 0 Å². The molecule has 0 radical (unpaired) electrons. The Hall–Kier alpha value is -0.260. The Bertz CT molecular complexity index is 352. The maximum atomic E-state index is 12.0. The van der Waals surface area contributed by atoms with Gasteiger partial charge in [-0.05, 0) is 41.0 Å². The number of hydrogen-bond donors (Lipinski definition) is 1. The van der Waals surface area contributed by atoms with Crippen LogP contribution in [-0.2, 0) is 10.8 Å². The Labute approximate surface area is 93.9 Å². The van der Waals surface area contributed by atoms with Gasteiger partial charge in [0.25, 0.3) is 0 Å². The first-order valence-electron chi connectivity index (χ1n) is 4.51. The molecule has 0 aromatic carbocycles. The molecule has 0 saturated carbocycles. The van der Waals surface area contributed by atoms with Gasteiger partial charge in [0.2, 0.25) is 0 Å². The van der Waals surface area contributed by atoms with E-state index in [-0.39, 0.29) is 5.25 Å². The summed E-state index contributed by atoms with van der Waals surface area (Å²) in [7, 11) is -0.973. The molecule has 2 heterocycles. The summed E-state index contributed by atoms with van der Waals surface area (Å²) in [6.45, 7) is 1.80. The van der Waals surface area contributed by atoms with Gasteiger partial charge < -0.3 is 5.32 Å². The van der Waals surface area contributed by atoms with Gasteiger partial charge in [-0.3, -0.25) is 4.21 Å². The second kappa shape index (κ2) is 4.51. The number of halogens is 1. The fourth-order valence-electron chi connectivity index (χ4n) is 1.48. The first-order chi connectivity index (χ1) is 6.77. The summed E-state index contributed by atoms with van der Waals surface area (Å²) in [4.78, 5) is 4.21. The van der Waals surface area contributed by atoms with E-state index in [0.29, 0.717) is 5.03 Å². The van der Waals surface area contributed by atoms with E-state index in [1.165, 1.54) is 0 Å². The second-order valence-corrected chi connectivity index (χ2v) is 5.70. The molecule has 2 rings (SSSR count). The van der Waals surface area contributed by atoms with Gasteiger partial charge in [0.05, 0.1) is 16.0 Å². The molecule has 0 spiro atoms. The molecule has 0 aliphatic carbocycles. The summed E-state index contributed by atoms with van der Waals surface area (Å²) in [6.07, 6.45) is 0.973. The Morgan fingerprint density at radius 3 is 3.07 bits per heavy atom. The van der Waals surface area contributed by atoms with Crippen LogP contribution in [0.3, 0.4) is 0 Å². The number of nitrogens with zero attached hydrogens (tertiary/aromatic N) is 1. The van der Waals surface area contributed by atoms with Crippen LogP contribution < -0.4 is 5.32 Å². The monoisotopic (exact) mass is 274 g/mol. The highest BCUT2D eigenvalue weighted by Gasteiger charge is 2.23. The van der Waals surface area contributed by atoms with Crippen molar-refractivity contribution in [3.05, 3.63) is 22.8 Å². The molecule has 1 N–H and O–H groups in total. The van der Waals surface area contributed by atoms with E-state index in [1.54, 1.807) is 0 Å². The zero-order valence-electron chi connectivity index (χ0n) is 7.57. The standard InChI is InChI=1S/C9H11BrN2OS/c10-8-2-1-3-9(12-8)14(13)7-4-5-11-6-7/h1-3,7,11H,4-6H2. The summed E-state index contributed by atoms with van der Waals surface area (Å²) in [6, 6.07) is 5.53. The van der Waals surface area contributed by atoms with E-state index in [4.69, 9.17) is 0 Å². The Balaban J connectivity index is 2.17. The third kappa shape index (κ3) is 2.21. The van der Waals surface area contributed by atoms with E-state index in [1.807, 2.05) is 18.2 Å². The topological polar surface area (TPSA) is 42.0 Å². The first-order valence-corrected chi connectivity index (χ1v) is 6.52. The molecular formula is C9H11BrN2OS. The minimum absolute atomic E-state index is 0.219. The van der Waals surface area contributed by atoms with Gasteiger partial charge in [-0.1, -0.05) is 6.07 Å². The molecule has 0 bridgehead atoms. The third-order valence-electron chi connectivity index (χ3n) is 2.21. The van der Waals surface area contributed by atoms with Gasteiger partial charge in [-0.15, -0.1) is 0 Å². The van der Waals surface area contributed by atoms with Crippen molar-refractivity contribution in [2.75, 3.05) is 13.1 Å². The first kappa shape index (κ1) is 10.3. The van der Waals surface area contributed by atoms with E-state index < -0.39 is 10.8 Å². The molecule has 5 heteroatoms. The van der Waals surface area contributed by atoms with Gasteiger partial charge in [0, 0.05) is 6.54 Å². The van der Waals surface area contributed by atoms with Crippen molar-refractivity contribution in [3.63, 3.8) is 0 Å². The molecule has 1 aliphatic rings. The molecule has 3 nitrogen and oxygen atoms in total. The smallest absolute Gasteiger partial charge is 0.128 e. The average Bonchev–Trinajstić information content (AvgIpc) is 2.69. The predicted octanol–water partition coefficient (Wildman–Crippen LogP) is 1.31. The molecule has 1 saturated heterocycles. The highest BCUT2D eigenvalue weighted by Crippen LogP contribution is 2.16. The summed E-state index contributed by atoms with van der Waals surface area (Å²) in [5.41, 5.74) is 0. The van der Waals surface area contributed by atoms with Crippen LogP contribution in [-0.4, -0.2) is 27.5 Å². The maximum Gasteiger partial charge on any atom is 0.128 e. The van der Waals surface area contributed by atoms with Crippen molar-refractivity contribution >= 4 is 26.7 Å². The van der Waals surface area contributed by atoms with E-state index in [9.17, 15) is 4.21 Å². The van der Waals surface area contributed by atoms with Gasteiger partial charge in [-0.25, -0.2) is 4.98 Å². The van der Waals surface area contributed by atoms with Gasteiger partial charge in [-0.2, -0.15) is 0 Å². The SMILES string of the molecule is O=S(c1cccc(Br)n1)C1CCNC1. The zero-order valence-corrected chi connectivity index (χ0v) is 9.97. The average molecular weight is 275 g/mol. The van der Waals surface area contributed by atoms with Gasteiger partial charge in [0.1, 0.15) is 9.63 Å². The van der Waals surface area contributed by atoms with E-state index >= 15 is 0 Å². The van der Waals surface area contributed by atoms with Crippen LogP contribution in [0.5, 0.6) is 0 Å². The molecule has 1 aromatic heterocycles. The molecule has 76 valence electrons. The molecule has 14 heavy (non-hydrogen) atoms. The molecule has 2 atom stereocenters. The molecule has 1 aliphatic heterocycles. The van der Waals surface area contributed by atoms with Crippen molar-refractivity contribution in [1.82, 2.24) is 10.3 Å². The predicted molar refractivity (Wildman–Crippen MR) is 59.6 cm³/mol. The van der Waals surface area contributed by atoms with Gasteiger partial charge in [0.15, 0.2) is 0 Å². The molecule has 1 aromatic rings. The second-order valence-electron chi connectivity index (χ2n) is 3.21. The van der Waals surface area contributed by atoms with Crippen LogP contribution in [0.4, 0.5) is 0 Å². The molecule has 2 unspecified atom stereocenters. The fourth-order valence-corrected chi connectivity index (χ4v) is 3.29. The summed E-state index contributed by atoms with van der Waals surface area (Å²) >= 11 is 3.28. The van der Waals surface area contributed by atoms with Crippen LogP contribution in [0.15, 0.2) is 27.8 Å². The van der Waals surface area contributed by atoms with Crippen molar-refractivity contribution in [1.29, 1.82) is 0 Å². The number of pyridine rings is 1. The lowest BCUT2D eigenvalue weighted by Gasteiger charge is -2.07.